The zero-order valence-corrected chi connectivity index (χ0v) is 38.0. The number of rotatable bonds is 18. The van der Waals surface area contributed by atoms with Crippen molar-refractivity contribution in [3.63, 3.8) is 0 Å². The maximum atomic E-state index is 13.5. The third-order valence-corrected chi connectivity index (χ3v) is 13.3. The number of nitrogens with zero attached hydrogens (tertiary/aromatic N) is 2. The van der Waals surface area contributed by atoms with Crippen molar-refractivity contribution in [3.8, 4) is 11.5 Å². The number of carbonyl (C=O) groups is 3. The number of carbonyl (C=O) groups excluding carboxylic acids is 2. The van der Waals surface area contributed by atoms with E-state index in [1.807, 2.05) is 30.3 Å². The molecule has 5 aromatic carbocycles. The Morgan fingerprint density at radius 3 is 2.38 bits per heavy atom. The number of piperidine rings is 2. The van der Waals surface area contributed by atoms with Crippen molar-refractivity contribution in [1.29, 1.82) is 0 Å². The van der Waals surface area contributed by atoms with Gasteiger partial charge in [0.1, 0.15) is 11.5 Å². The molecule has 0 radical (unpaired) electrons. The van der Waals surface area contributed by atoms with Crippen molar-refractivity contribution in [2.45, 2.75) is 62.8 Å². The van der Waals surface area contributed by atoms with Gasteiger partial charge in [-0.25, -0.2) is 4.79 Å². The van der Waals surface area contributed by atoms with Gasteiger partial charge in [-0.2, -0.15) is 0 Å². The third kappa shape index (κ3) is 11.5. The molecule has 2 aliphatic rings. The Balaban J connectivity index is 0.803. The predicted molar refractivity (Wildman–Crippen MR) is 258 cm³/mol. The minimum absolute atomic E-state index is 0.0673. The molecule has 0 spiro atoms. The zero-order valence-electron chi connectivity index (χ0n) is 38.0. The van der Waals surface area contributed by atoms with Gasteiger partial charge in [0.15, 0.2) is 6.61 Å². The highest BCUT2D eigenvalue weighted by atomic mass is 16.5. The number of benzene rings is 5. The van der Waals surface area contributed by atoms with Gasteiger partial charge in [-0.15, -0.1) is 0 Å². The molecule has 2 aliphatic heterocycles. The number of aromatic hydroxyl groups is 1. The van der Waals surface area contributed by atoms with Gasteiger partial charge < -0.3 is 45.7 Å². The molecule has 2 fully saturated rings. The molecule has 0 unspecified atom stereocenters. The van der Waals surface area contributed by atoms with Gasteiger partial charge in [-0.05, 0) is 123 Å². The van der Waals surface area contributed by atoms with E-state index in [1.54, 1.807) is 59.5 Å². The zero-order chi connectivity index (χ0) is 47.6. The first-order valence-corrected chi connectivity index (χ1v) is 23.4. The van der Waals surface area contributed by atoms with Gasteiger partial charge >= 0.3 is 5.97 Å². The number of aromatic nitrogens is 1. The van der Waals surface area contributed by atoms with E-state index in [4.69, 9.17) is 4.74 Å². The second-order valence-corrected chi connectivity index (χ2v) is 18.0. The van der Waals surface area contributed by atoms with Crippen molar-refractivity contribution >= 4 is 28.7 Å². The molecule has 14 nitrogen and oxygen atoms in total. The molecule has 2 amide bonds. The molecule has 3 atom stereocenters. The Morgan fingerprint density at radius 1 is 0.838 bits per heavy atom. The normalized spacial score (nSPS) is 17.0. The Bertz CT molecular complexity index is 2760. The number of aliphatic hydroxyl groups excluding tert-OH is 1. The first kappa shape index (κ1) is 47.6. The second-order valence-electron chi connectivity index (χ2n) is 18.0. The van der Waals surface area contributed by atoms with Crippen molar-refractivity contribution in [3.05, 3.63) is 177 Å². The summed E-state index contributed by atoms with van der Waals surface area (Å²) in [5.74, 6) is -1.41. The summed E-state index contributed by atoms with van der Waals surface area (Å²) in [4.78, 5) is 58.2. The molecule has 0 bridgehead atoms. The van der Waals surface area contributed by atoms with E-state index >= 15 is 0 Å². The summed E-state index contributed by atoms with van der Waals surface area (Å²) in [7, 11) is 0. The molecule has 14 heteroatoms. The molecule has 2 saturated heterocycles. The number of aliphatic carboxylic acids is 1. The van der Waals surface area contributed by atoms with Crippen LogP contribution in [0.25, 0.3) is 10.9 Å². The number of phenols is 1. The van der Waals surface area contributed by atoms with E-state index < -0.39 is 17.7 Å². The van der Waals surface area contributed by atoms with Crippen LogP contribution < -0.4 is 20.9 Å². The van der Waals surface area contributed by atoms with Gasteiger partial charge in [-0.3, -0.25) is 19.3 Å². The molecule has 3 heterocycles. The number of hydrogen-bond donors (Lipinski definition) is 7. The maximum Gasteiger partial charge on any atom is 0.345 e. The van der Waals surface area contributed by atoms with Crippen LogP contribution in [0.1, 0.15) is 75.5 Å². The fraction of sp³-hybridized carbons (Fsp3) is 0.333. The largest absolute Gasteiger partial charge is 0.506 e. The molecule has 0 aliphatic carbocycles. The lowest BCUT2D eigenvalue weighted by molar-refractivity contribution is -0.155. The number of carboxylic acid groups (broad SMARTS) is 1. The first-order valence-electron chi connectivity index (χ1n) is 23.4. The van der Waals surface area contributed by atoms with Crippen LogP contribution in [0.2, 0.25) is 0 Å². The number of ether oxygens (including phenoxy) is 1. The number of hydrogen-bond acceptors (Lipinski definition) is 10. The minimum Gasteiger partial charge on any atom is -0.506 e. The van der Waals surface area contributed by atoms with Crippen molar-refractivity contribution < 1.29 is 39.5 Å². The van der Waals surface area contributed by atoms with E-state index in [0.29, 0.717) is 73.3 Å². The number of fused-ring (bicyclic) bond motifs is 1. The Labute approximate surface area is 395 Å². The molecular weight excluding hydrogens is 863 g/mol. The summed E-state index contributed by atoms with van der Waals surface area (Å²) in [6.07, 6.45) is 3.74. The highest BCUT2D eigenvalue weighted by Crippen LogP contribution is 2.36. The smallest absolute Gasteiger partial charge is 0.345 e. The number of aromatic amines is 1. The molecular formula is C54H59N5O9. The molecule has 7 N–H and O–H groups in total. The highest BCUT2D eigenvalue weighted by molar-refractivity contribution is 5.94. The second kappa shape index (κ2) is 21.9. The number of aliphatic hydroxyl groups is 2. The molecule has 6 aromatic rings. The number of pyridine rings is 1. The lowest BCUT2D eigenvalue weighted by Crippen LogP contribution is -2.50. The molecule has 0 saturated carbocycles. The average molecular weight is 922 g/mol. The third-order valence-electron chi connectivity index (χ3n) is 13.3. The van der Waals surface area contributed by atoms with Crippen LogP contribution in [0.3, 0.4) is 0 Å². The predicted octanol–water partition coefficient (Wildman–Crippen LogP) is 5.67. The SMILES string of the molecule is O=C(N[C@@H]1CCCN(C(=O)COc2cccc([C@@](O)(C(=O)O)c3ccccc3CC3CCN(Cc4ccccc4)CC3)c2)C1)c1ccc(CCNC[C@H](O)c2ccc(O)c3[nH]c(=O)ccc23)cc1. The van der Waals surface area contributed by atoms with E-state index in [9.17, 15) is 39.6 Å². The van der Waals surface area contributed by atoms with Gasteiger partial charge in [0.2, 0.25) is 11.2 Å². The number of nitrogens with one attached hydrogen (secondary N) is 3. The van der Waals surface area contributed by atoms with Crippen LogP contribution in [0, 0.1) is 5.92 Å². The van der Waals surface area contributed by atoms with Gasteiger partial charge in [0.05, 0.1) is 11.6 Å². The van der Waals surface area contributed by atoms with E-state index in [2.05, 4.69) is 44.8 Å². The lowest BCUT2D eigenvalue weighted by atomic mass is 9.80. The van der Waals surface area contributed by atoms with E-state index in [-0.39, 0.29) is 59.1 Å². The summed E-state index contributed by atoms with van der Waals surface area (Å²) in [5, 5.41) is 50.6. The quantitative estimate of drug-likeness (QED) is 0.0523. The molecule has 68 heavy (non-hydrogen) atoms. The number of phenolic OH excluding ortho intramolecular Hbond substituents is 1. The fourth-order valence-corrected chi connectivity index (χ4v) is 9.54. The summed E-state index contributed by atoms with van der Waals surface area (Å²) in [5.41, 5.74) is 2.16. The van der Waals surface area contributed by atoms with Crippen molar-refractivity contribution in [2.24, 2.45) is 5.92 Å². The highest BCUT2D eigenvalue weighted by Gasteiger charge is 2.42. The number of H-pyrrole nitrogens is 1. The molecule has 8 rings (SSSR count). The Hall–Kier alpha value is -6.84. The van der Waals surface area contributed by atoms with E-state index in [0.717, 1.165) is 43.6 Å². The van der Waals surface area contributed by atoms with Crippen molar-refractivity contribution in [2.75, 3.05) is 45.9 Å². The fourth-order valence-electron chi connectivity index (χ4n) is 9.54. The maximum absolute atomic E-state index is 13.5. The summed E-state index contributed by atoms with van der Waals surface area (Å²) < 4.78 is 5.94. The average Bonchev–Trinajstić information content (AvgIpc) is 3.36. The summed E-state index contributed by atoms with van der Waals surface area (Å²) in [6, 6.07) is 36.9. The van der Waals surface area contributed by atoms with Gasteiger partial charge in [0, 0.05) is 60.4 Å². The van der Waals surface area contributed by atoms with Crippen LogP contribution in [0.15, 0.2) is 132 Å². The van der Waals surface area contributed by atoms with Crippen LogP contribution in [-0.4, -0.2) is 105 Å². The monoisotopic (exact) mass is 921 g/mol. The Morgan fingerprint density at radius 2 is 1.60 bits per heavy atom. The van der Waals surface area contributed by atoms with Crippen LogP contribution in [-0.2, 0) is 34.6 Å². The Kier molecular flexibility index (Phi) is 15.3. The molecule has 354 valence electrons. The van der Waals surface area contributed by atoms with Gasteiger partial charge in [0.25, 0.3) is 11.8 Å². The van der Waals surface area contributed by atoms with Gasteiger partial charge in [-0.1, -0.05) is 84.9 Å². The topological polar surface area (TPSA) is 205 Å². The van der Waals surface area contributed by atoms with Crippen LogP contribution in [0.4, 0.5) is 0 Å². The van der Waals surface area contributed by atoms with Crippen LogP contribution in [0.5, 0.6) is 11.5 Å². The van der Waals surface area contributed by atoms with Crippen LogP contribution >= 0.6 is 0 Å². The standard InChI is InChI=1S/C54H59N5O9/c60-47-21-19-44(45-20-22-49(62)57-51(45)47)48(61)32-55-26-23-36-15-17-39(18-16-36)52(64)56-42-12-7-27-59(34-42)50(63)35-68-43-13-6-11-41(31-43)54(67,53(65)66)46-14-5-4-10-40(46)30-37-24-28-58(29-25-37)33-38-8-2-1-3-9-38/h1-6,8-11,13-22,31,37,42,48,55,60-61,67H,7,12,23-30,32-35H2,(H,56,64)(H,57,62)(H,65,66)/t42-,48+,54+/m1/s1. The first-order chi connectivity index (χ1) is 32.9. The number of likely N-dealkylation sites (tertiary alicyclic amines) is 2. The summed E-state index contributed by atoms with van der Waals surface area (Å²) >= 11 is 0. The van der Waals surface area contributed by atoms with E-state index in [1.165, 1.54) is 23.8 Å². The number of amides is 2. The summed E-state index contributed by atoms with van der Waals surface area (Å²) in [6.45, 7) is 4.10. The molecule has 1 aromatic heterocycles. The lowest BCUT2D eigenvalue weighted by Gasteiger charge is -2.33. The number of carboxylic acids is 1. The minimum atomic E-state index is -2.35. The van der Waals surface area contributed by atoms with Crippen molar-refractivity contribution in [1.82, 2.24) is 25.4 Å².